The first-order chi connectivity index (χ1) is 27.0. The lowest BCUT2D eigenvalue weighted by molar-refractivity contribution is -0.121. The van der Waals surface area contributed by atoms with Crippen molar-refractivity contribution in [2.24, 2.45) is 0 Å². The molecule has 5 rings (SSSR count). The second-order valence-electron chi connectivity index (χ2n) is 14.5. The molecule has 1 aliphatic rings. The zero-order valence-corrected chi connectivity index (χ0v) is 34.1. The van der Waals surface area contributed by atoms with E-state index in [-0.39, 0.29) is 30.9 Å². The van der Waals surface area contributed by atoms with Gasteiger partial charge in [0.1, 0.15) is 11.6 Å². The lowest BCUT2D eigenvalue weighted by Crippen LogP contribution is -2.44. The van der Waals surface area contributed by atoms with Gasteiger partial charge in [-0.05, 0) is 75.9 Å². The fraction of sp³-hybridized carbons (Fsp3) is 0.442. The summed E-state index contributed by atoms with van der Waals surface area (Å²) in [4.78, 5) is 42.4. The Balaban J connectivity index is 1.39. The highest BCUT2D eigenvalue weighted by molar-refractivity contribution is 5.88. The predicted molar refractivity (Wildman–Crippen MR) is 220 cm³/mol. The minimum Gasteiger partial charge on any atom is -0.493 e. The number of methoxy groups -OCH3 is 2. The van der Waals surface area contributed by atoms with Crippen LogP contribution in [0.4, 0.5) is 22.2 Å². The Hall–Kier alpha value is -5.40. The summed E-state index contributed by atoms with van der Waals surface area (Å²) in [5.41, 5.74) is 5.01. The molecule has 2 amide bonds. The lowest BCUT2D eigenvalue weighted by Gasteiger charge is -2.32. The van der Waals surface area contributed by atoms with Crippen LogP contribution in [-0.4, -0.2) is 98.4 Å². The van der Waals surface area contributed by atoms with E-state index in [1.54, 1.807) is 32.5 Å². The fourth-order valence-electron chi connectivity index (χ4n) is 6.68. The van der Waals surface area contributed by atoms with Crippen LogP contribution in [-0.2, 0) is 17.8 Å². The molecule has 2 N–H and O–H groups in total. The Bertz CT molecular complexity index is 1930. The summed E-state index contributed by atoms with van der Waals surface area (Å²) in [6, 6.07) is 16.9. The Morgan fingerprint density at radius 2 is 1.62 bits per heavy atom. The SMILES string of the molecule is CCC(C)NC(=O)Cc1cccc(CN(C(=O)Oc2c(C)cc(C)cc2C)c2ccnc(Nc3cc(OC)c(OC)c(OCCCN4CCN(C)CC4)c3)n2)c1. The van der Waals surface area contributed by atoms with Crippen molar-refractivity contribution in [2.75, 3.05) is 70.8 Å². The molecule has 0 bridgehead atoms. The number of anilines is 3. The van der Waals surface area contributed by atoms with Crippen molar-refractivity contribution in [3.05, 3.63) is 88.6 Å². The highest BCUT2D eigenvalue weighted by atomic mass is 16.6. The second kappa shape index (κ2) is 20.0. The van der Waals surface area contributed by atoms with Crippen molar-refractivity contribution >= 4 is 29.5 Å². The molecule has 13 heteroatoms. The van der Waals surface area contributed by atoms with Crippen LogP contribution in [0.5, 0.6) is 23.0 Å². The topological polar surface area (TPSA) is 131 Å². The molecule has 0 saturated carbocycles. The standard InChI is InChI=1S/C43H57N7O6/c1-9-32(5)45-39(51)25-33-12-10-13-34(24-33)28-50(43(52)56-40-30(3)22-29(2)23-31(40)4)38-14-15-44-42(47-38)46-35-26-36(53-7)41(54-8)37(27-35)55-21-11-16-49-19-17-48(6)18-20-49/h10,12-15,22-24,26-27,32H,9,11,16-21,25,28H2,1-8H3,(H,45,51)(H,44,46,47). The third-order valence-electron chi connectivity index (χ3n) is 9.82. The minimum absolute atomic E-state index is 0.0565. The Kier molecular flexibility index (Phi) is 14.9. The van der Waals surface area contributed by atoms with Crippen LogP contribution in [0.2, 0.25) is 0 Å². The molecule has 1 aromatic heterocycles. The molecular weight excluding hydrogens is 711 g/mol. The number of likely N-dealkylation sites (N-methyl/N-ethyl adjacent to an activating group) is 1. The summed E-state index contributed by atoms with van der Waals surface area (Å²) < 4.78 is 23.7. The number of ether oxygens (including phenoxy) is 4. The summed E-state index contributed by atoms with van der Waals surface area (Å²) >= 11 is 0. The van der Waals surface area contributed by atoms with E-state index >= 15 is 0 Å². The van der Waals surface area contributed by atoms with Gasteiger partial charge in [0.05, 0.1) is 33.8 Å². The maximum atomic E-state index is 14.1. The van der Waals surface area contributed by atoms with E-state index in [2.05, 4.69) is 32.5 Å². The molecule has 1 unspecified atom stereocenters. The molecule has 2 heterocycles. The maximum absolute atomic E-state index is 14.1. The van der Waals surface area contributed by atoms with Gasteiger partial charge in [0.25, 0.3) is 0 Å². The number of piperazine rings is 1. The van der Waals surface area contributed by atoms with Gasteiger partial charge in [-0.1, -0.05) is 48.9 Å². The summed E-state index contributed by atoms with van der Waals surface area (Å²) in [6.07, 6.45) is 2.90. The Morgan fingerprint density at radius 1 is 0.911 bits per heavy atom. The number of benzene rings is 3. The van der Waals surface area contributed by atoms with Gasteiger partial charge in [0.15, 0.2) is 11.5 Å². The maximum Gasteiger partial charge on any atom is 0.421 e. The quantitative estimate of drug-likeness (QED) is 0.110. The van der Waals surface area contributed by atoms with Gasteiger partial charge in [-0.25, -0.2) is 9.78 Å². The van der Waals surface area contributed by atoms with Crippen LogP contribution < -0.4 is 34.5 Å². The molecule has 1 aliphatic heterocycles. The Morgan fingerprint density at radius 3 is 2.32 bits per heavy atom. The molecule has 1 atom stereocenters. The van der Waals surface area contributed by atoms with E-state index in [0.29, 0.717) is 41.1 Å². The smallest absolute Gasteiger partial charge is 0.421 e. The molecule has 300 valence electrons. The first kappa shape index (κ1) is 41.8. The highest BCUT2D eigenvalue weighted by Gasteiger charge is 2.24. The number of nitrogens with one attached hydrogen (secondary N) is 2. The zero-order chi connectivity index (χ0) is 40.2. The van der Waals surface area contributed by atoms with Crippen molar-refractivity contribution in [3.8, 4) is 23.0 Å². The van der Waals surface area contributed by atoms with Crippen molar-refractivity contribution in [1.82, 2.24) is 25.1 Å². The molecular formula is C43H57N7O6. The van der Waals surface area contributed by atoms with Crippen LogP contribution in [0.15, 0.2) is 60.8 Å². The first-order valence-corrected chi connectivity index (χ1v) is 19.3. The minimum atomic E-state index is -0.608. The molecule has 56 heavy (non-hydrogen) atoms. The number of carbonyl (C=O) groups excluding carboxylic acids is 2. The van der Waals surface area contributed by atoms with Crippen molar-refractivity contribution in [3.63, 3.8) is 0 Å². The lowest BCUT2D eigenvalue weighted by atomic mass is 10.1. The first-order valence-electron chi connectivity index (χ1n) is 19.3. The molecule has 1 fully saturated rings. The van der Waals surface area contributed by atoms with Gasteiger partial charge in [-0.3, -0.25) is 9.69 Å². The van der Waals surface area contributed by atoms with Gasteiger partial charge < -0.3 is 39.4 Å². The molecule has 3 aromatic carbocycles. The monoisotopic (exact) mass is 767 g/mol. The highest BCUT2D eigenvalue weighted by Crippen LogP contribution is 2.41. The number of rotatable bonds is 17. The van der Waals surface area contributed by atoms with Gasteiger partial charge in [-0.2, -0.15) is 4.98 Å². The average molecular weight is 768 g/mol. The van der Waals surface area contributed by atoms with E-state index in [1.807, 2.05) is 77.1 Å². The van der Waals surface area contributed by atoms with Crippen LogP contribution in [0, 0.1) is 20.8 Å². The number of nitrogens with zero attached hydrogens (tertiary/aromatic N) is 5. The van der Waals surface area contributed by atoms with Crippen molar-refractivity contribution in [2.45, 2.75) is 66.5 Å². The van der Waals surface area contributed by atoms with Crippen LogP contribution >= 0.6 is 0 Å². The summed E-state index contributed by atoms with van der Waals surface area (Å²) in [6.45, 7) is 15.7. The van der Waals surface area contributed by atoms with Gasteiger partial charge in [0.2, 0.25) is 17.6 Å². The summed E-state index contributed by atoms with van der Waals surface area (Å²) in [7, 11) is 5.31. The number of aromatic nitrogens is 2. The number of hydrogen-bond acceptors (Lipinski definition) is 11. The fourth-order valence-corrected chi connectivity index (χ4v) is 6.68. The third kappa shape index (κ3) is 11.6. The van der Waals surface area contributed by atoms with Gasteiger partial charge >= 0.3 is 6.09 Å². The van der Waals surface area contributed by atoms with E-state index in [1.165, 1.54) is 4.90 Å². The average Bonchev–Trinajstić information content (AvgIpc) is 3.17. The van der Waals surface area contributed by atoms with Gasteiger partial charge in [-0.15, -0.1) is 0 Å². The van der Waals surface area contributed by atoms with Crippen molar-refractivity contribution < 1.29 is 28.5 Å². The van der Waals surface area contributed by atoms with Crippen LogP contribution in [0.3, 0.4) is 0 Å². The normalized spacial score (nSPS) is 13.8. The largest absolute Gasteiger partial charge is 0.493 e. The molecule has 1 saturated heterocycles. The molecule has 0 aliphatic carbocycles. The van der Waals surface area contributed by atoms with E-state index in [0.717, 1.165) is 73.4 Å². The Labute approximate surface area is 331 Å². The number of carbonyl (C=O) groups is 2. The number of amides is 2. The number of aryl methyl sites for hydroxylation is 3. The van der Waals surface area contributed by atoms with Gasteiger partial charge in [0, 0.05) is 62.8 Å². The van der Waals surface area contributed by atoms with E-state index in [4.69, 9.17) is 23.9 Å². The molecule has 13 nitrogen and oxygen atoms in total. The van der Waals surface area contributed by atoms with E-state index < -0.39 is 6.09 Å². The predicted octanol–water partition coefficient (Wildman–Crippen LogP) is 6.84. The summed E-state index contributed by atoms with van der Waals surface area (Å²) in [5.74, 6) is 2.49. The second-order valence-corrected chi connectivity index (χ2v) is 14.5. The zero-order valence-electron chi connectivity index (χ0n) is 34.1. The van der Waals surface area contributed by atoms with Crippen LogP contribution in [0.1, 0.15) is 54.5 Å². The van der Waals surface area contributed by atoms with Crippen LogP contribution in [0.25, 0.3) is 0 Å². The number of hydrogen-bond donors (Lipinski definition) is 2. The summed E-state index contributed by atoms with van der Waals surface area (Å²) in [5, 5.41) is 6.29. The molecule has 0 radical (unpaired) electrons. The third-order valence-corrected chi connectivity index (χ3v) is 9.82. The molecule has 4 aromatic rings. The van der Waals surface area contributed by atoms with Crippen molar-refractivity contribution in [1.29, 1.82) is 0 Å². The van der Waals surface area contributed by atoms with E-state index in [9.17, 15) is 9.59 Å². The molecule has 0 spiro atoms.